The first-order valence-corrected chi connectivity index (χ1v) is 9.89. The van der Waals surface area contributed by atoms with Crippen LogP contribution in [0.4, 0.5) is 5.69 Å². The normalized spacial score (nSPS) is 42.8. The second kappa shape index (κ2) is 4.96. The van der Waals surface area contributed by atoms with Gasteiger partial charge in [-0.1, -0.05) is 38.5 Å². The number of benzene rings is 1. The molecule has 5 nitrogen and oxygen atoms in total. The summed E-state index contributed by atoms with van der Waals surface area (Å²) in [7, 11) is 0. The molecule has 0 aromatic heterocycles. The highest BCUT2D eigenvalue weighted by molar-refractivity contribution is 6.08. The lowest BCUT2D eigenvalue weighted by Crippen LogP contribution is -2.83. The number of carbonyl (C=O) groups excluding carboxylic acids is 2. The molecule has 5 aliphatic heterocycles. The molecule has 4 bridgehead atoms. The maximum atomic E-state index is 13.7. The summed E-state index contributed by atoms with van der Waals surface area (Å²) in [6.45, 7) is 9.77. The molecule has 1 spiro atoms. The van der Waals surface area contributed by atoms with Crippen molar-refractivity contribution >= 4 is 17.4 Å². The first kappa shape index (κ1) is 16.5. The Morgan fingerprint density at radius 2 is 1.65 bits per heavy atom. The summed E-state index contributed by atoms with van der Waals surface area (Å²) in [5.74, 6) is 0.600. The van der Waals surface area contributed by atoms with Gasteiger partial charge >= 0.3 is 0 Å². The molecular weight excluding hydrogens is 326 g/mol. The van der Waals surface area contributed by atoms with Crippen molar-refractivity contribution in [2.75, 3.05) is 37.6 Å². The standard InChI is InChI=1S/C21H27N3O2/c1-4-10-20-13-22-11-19(3,17(20)25)12-23(14-20)21(22)15-8-6-7-9-16(15)24(5-2)18(21)26/h6-9H,4-5,10-14H2,1-3H3. The predicted molar refractivity (Wildman–Crippen MR) is 99.7 cm³/mol. The van der Waals surface area contributed by atoms with Gasteiger partial charge in [0.25, 0.3) is 5.91 Å². The molecule has 0 radical (unpaired) electrons. The van der Waals surface area contributed by atoms with Gasteiger partial charge in [0, 0.05) is 38.3 Å². The second-order valence-electron chi connectivity index (χ2n) is 8.87. The van der Waals surface area contributed by atoms with E-state index in [1.54, 1.807) is 0 Å². The molecule has 5 heteroatoms. The van der Waals surface area contributed by atoms with Crippen LogP contribution >= 0.6 is 0 Å². The number of carbonyl (C=O) groups is 2. The average molecular weight is 353 g/mol. The van der Waals surface area contributed by atoms with Crippen LogP contribution in [0.25, 0.3) is 0 Å². The average Bonchev–Trinajstić information content (AvgIpc) is 2.85. The third-order valence-electron chi connectivity index (χ3n) is 7.17. The Kier molecular flexibility index (Phi) is 3.14. The van der Waals surface area contributed by atoms with Crippen LogP contribution in [0.15, 0.2) is 24.3 Å². The number of para-hydroxylation sites is 1. The number of ketones is 1. The Hall–Kier alpha value is -1.72. The van der Waals surface area contributed by atoms with Gasteiger partial charge in [-0.2, -0.15) is 0 Å². The Balaban J connectivity index is 1.70. The number of piperidine rings is 2. The summed E-state index contributed by atoms with van der Waals surface area (Å²) in [6, 6.07) is 8.22. The first-order valence-electron chi connectivity index (χ1n) is 9.89. The number of nitrogens with zero attached hydrogens (tertiary/aromatic N) is 3. The fourth-order valence-electron chi connectivity index (χ4n) is 6.46. The molecule has 0 N–H and O–H groups in total. The minimum Gasteiger partial charge on any atom is -0.309 e. The Bertz CT molecular complexity index is 801. The predicted octanol–water partition coefficient (Wildman–Crippen LogP) is 2.21. The molecule has 5 heterocycles. The molecule has 1 aromatic carbocycles. The summed E-state index contributed by atoms with van der Waals surface area (Å²) in [4.78, 5) is 33.6. The van der Waals surface area contributed by atoms with Gasteiger partial charge in [0.15, 0.2) is 5.66 Å². The summed E-state index contributed by atoms with van der Waals surface area (Å²) in [6.07, 6.45) is 1.92. The number of anilines is 1. The van der Waals surface area contributed by atoms with E-state index in [9.17, 15) is 9.59 Å². The lowest BCUT2D eigenvalue weighted by Gasteiger charge is -2.68. The van der Waals surface area contributed by atoms with Crippen molar-refractivity contribution in [3.63, 3.8) is 0 Å². The molecule has 1 aromatic rings. The van der Waals surface area contributed by atoms with E-state index in [0.717, 1.165) is 24.1 Å². The monoisotopic (exact) mass is 353 g/mol. The zero-order chi connectivity index (χ0) is 18.3. The Morgan fingerprint density at radius 3 is 2.27 bits per heavy atom. The van der Waals surface area contributed by atoms with Gasteiger partial charge in [0.2, 0.25) is 0 Å². The smallest absolute Gasteiger partial charge is 0.267 e. The zero-order valence-electron chi connectivity index (χ0n) is 15.9. The van der Waals surface area contributed by atoms with Crippen LogP contribution in [-0.4, -0.2) is 54.2 Å². The van der Waals surface area contributed by atoms with Gasteiger partial charge in [-0.25, -0.2) is 0 Å². The van der Waals surface area contributed by atoms with Crippen molar-refractivity contribution in [3.8, 4) is 0 Å². The molecule has 0 saturated carbocycles. The maximum Gasteiger partial charge on any atom is 0.267 e. The van der Waals surface area contributed by atoms with Crippen LogP contribution in [0.3, 0.4) is 0 Å². The number of likely N-dealkylation sites (N-methyl/N-ethyl adjacent to an activating group) is 1. The van der Waals surface area contributed by atoms with Crippen molar-refractivity contribution in [2.24, 2.45) is 10.8 Å². The third kappa shape index (κ3) is 1.61. The topological polar surface area (TPSA) is 43.9 Å². The van der Waals surface area contributed by atoms with Crippen molar-refractivity contribution < 1.29 is 9.59 Å². The van der Waals surface area contributed by atoms with Gasteiger partial charge in [-0.15, -0.1) is 0 Å². The molecule has 26 heavy (non-hydrogen) atoms. The second-order valence-corrected chi connectivity index (χ2v) is 8.87. The lowest BCUT2D eigenvalue weighted by atomic mass is 9.58. The van der Waals surface area contributed by atoms with Crippen molar-refractivity contribution in [1.29, 1.82) is 0 Å². The molecule has 2 atom stereocenters. The molecule has 2 unspecified atom stereocenters. The first-order chi connectivity index (χ1) is 12.4. The zero-order valence-corrected chi connectivity index (χ0v) is 15.9. The molecule has 1 amide bonds. The maximum absolute atomic E-state index is 13.7. The van der Waals surface area contributed by atoms with E-state index < -0.39 is 5.66 Å². The van der Waals surface area contributed by atoms with E-state index >= 15 is 0 Å². The van der Waals surface area contributed by atoms with Crippen LogP contribution in [-0.2, 0) is 15.3 Å². The van der Waals surface area contributed by atoms with Crippen LogP contribution in [0.1, 0.15) is 39.2 Å². The van der Waals surface area contributed by atoms with Gasteiger partial charge in [0.05, 0.1) is 16.5 Å². The van der Waals surface area contributed by atoms with Gasteiger partial charge < -0.3 is 4.90 Å². The number of fused-ring (bicyclic) bond motifs is 1. The molecule has 138 valence electrons. The summed E-state index contributed by atoms with van der Waals surface area (Å²) in [5.41, 5.74) is 0.775. The Morgan fingerprint density at radius 1 is 1.00 bits per heavy atom. The molecule has 6 rings (SSSR count). The summed E-state index contributed by atoms with van der Waals surface area (Å²) in [5, 5.41) is 0. The van der Waals surface area contributed by atoms with Crippen molar-refractivity contribution in [3.05, 3.63) is 29.8 Å². The van der Waals surface area contributed by atoms with E-state index in [4.69, 9.17) is 0 Å². The number of amides is 1. The SMILES string of the molecule is CCCC12CN3CC(C)(CN(C1)C31C(=O)N(CC)c3ccccc31)C2=O. The van der Waals surface area contributed by atoms with Crippen LogP contribution in [0, 0.1) is 10.8 Å². The molecule has 4 fully saturated rings. The summed E-state index contributed by atoms with van der Waals surface area (Å²) < 4.78 is 0. The van der Waals surface area contributed by atoms with E-state index in [2.05, 4.69) is 35.8 Å². The Labute approximate surface area is 154 Å². The number of hydrogen-bond donors (Lipinski definition) is 0. The molecule has 4 saturated heterocycles. The largest absolute Gasteiger partial charge is 0.309 e. The third-order valence-corrected chi connectivity index (χ3v) is 7.17. The van der Waals surface area contributed by atoms with E-state index in [1.165, 1.54) is 0 Å². The van der Waals surface area contributed by atoms with E-state index in [1.807, 2.05) is 24.0 Å². The highest BCUT2D eigenvalue weighted by atomic mass is 16.2. The number of hydrogen-bond acceptors (Lipinski definition) is 4. The van der Waals surface area contributed by atoms with Gasteiger partial charge in [-0.3, -0.25) is 19.4 Å². The number of Topliss-reactive ketones (excluding diaryl/α,β-unsaturated/α-hetero) is 1. The minimum atomic E-state index is -0.704. The summed E-state index contributed by atoms with van der Waals surface area (Å²) >= 11 is 0. The van der Waals surface area contributed by atoms with E-state index in [0.29, 0.717) is 38.5 Å². The van der Waals surface area contributed by atoms with Gasteiger partial charge in [0.1, 0.15) is 5.78 Å². The van der Waals surface area contributed by atoms with Crippen LogP contribution in [0.5, 0.6) is 0 Å². The van der Waals surface area contributed by atoms with Crippen molar-refractivity contribution in [2.45, 2.75) is 39.3 Å². The fraction of sp³-hybridized carbons (Fsp3) is 0.619. The quantitative estimate of drug-likeness (QED) is 0.836. The molecule has 0 aliphatic carbocycles. The highest BCUT2D eigenvalue weighted by Gasteiger charge is 2.72. The van der Waals surface area contributed by atoms with Crippen molar-refractivity contribution in [1.82, 2.24) is 9.80 Å². The molecular formula is C21H27N3O2. The fourth-order valence-corrected chi connectivity index (χ4v) is 6.46. The van der Waals surface area contributed by atoms with Gasteiger partial charge in [-0.05, 0) is 19.4 Å². The van der Waals surface area contributed by atoms with Crippen LogP contribution in [0.2, 0.25) is 0 Å². The molecule has 5 aliphatic rings. The highest BCUT2D eigenvalue weighted by Crippen LogP contribution is 2.59. The van der Waals surface area contributed by atoms with E-state index in [-0.39, 0.29) is 16.7 Å². The number of rotatable bonds is 3. The van der Waals surface area contributed by atoms with Crippen LogP contribution < -0.4 is 4.90 Å². The minimum absolute atomic E-state index is 0.169. The lowest BCUT2D eigenvalue weighted by molar-refractivity contribution is -0.231.